The number of nitrogens with one attached hydrogen (secondary N) is 1. The van der Waals surface area contributed by atoms with Gasteiger partial charge in [0.25, 0.3) is 7.82 Å². The fourth-order valence-corrected chi connectivity index (χ4v) is 9.80. The predicted octanol–water partition coefficient (Wildman–Crippen LogP) is 19.5. The summed E-state index contributed by atoms with van der Waals surface area (Å²) in [5, 5.41) is 3.03. The van der Waals surface area contributed by atoms with Crippen molar-refractivity contribution in [3.05, 3.63) is 85.1 Å². The van der Waals surface area contributed by atoms with Crippen molar-refractivity contribution in [1.29, 1.82) is 0 Å². The average Bonchev–Trinajstić information content (AvgIpc) is 3.40. The summed E-state index contributed by atoms with van der Waals surface area (Å²) in [6.45, 7) is 6.71. The smallest absolute Gasteiger partial charge is 0.306 e. The van der Waals surface area contributed by atoms with E-state index in [0.717, 1.165) is 109 Å². The van der Waals surface area contributed by atoms with Gasteiger partial charge < -0.3 is 28.5 Å². The highest BCUT2D eigenvalue weighted by Gasteiger charge is 2.27. The minimum absolute atomic E-state index is 0.0274. The van der Waals surface area contributed by atoms with Crippen LogP contribution in [0.1, 0.15) is 284 Å². The Morgan fingerprint density at radius 1 is 0.462 bits per heavy atom. The number of quaternary nitrogens is 1. The van der Waals surface area contributed by atoms with E-state index in [4.69, 9.17) is 13.8 Å². The number of nitrogens with zero attached hydrogens (tertiary/aromatic N) is 1. The van der Waals surface area contributed by atoms with E-state index in [-0.39, 0.29) is 24.9 Å². The molecule has 0 aromatic heterocycles. The monoisotopic (exact) mass is 1110 g/mol. The number of hydrogen-bond acceptors (Lipinski definition) is 7. The Bertz CT molecular complexity index is 1610. The highest BCUT2D eigenvalue weighted by molar-refractivity contribution is 7.45. The molecule has 0 rings (SSSR count). The van der Waals surface area contributed by atoms with E-state index in [1.165, 1.54) is 135 Å². The van der Waals surface area contributed by atoms with Crippen molar-refractivity contribution in [3.8, 4) is 0 Å². The van der Waals surface area contributed by atoms with E-state index in [0.29, 0.717) is 23.9 Å². The first-order valence-electron chi connectivity index (χ1n) is 32.4. The third kappa shape index (κ3) is 57.9. The Balaban J connectivity index is 5.08. The molecule has 0 fully saturated rings. The number of unbranched alkanes of at least 4 members (excludes halogenated alkanes) is 30. The van der Waals surface area contributed by atoms with Crippen molar-refractivity contribution in [1.82, 2.24) is 5.32 Å². The van der Waals surface area contributed by atoms with Gasteiger partial charge >= 0.3 is 5.97 Å². The number of likely N-dealkylation sites (N-methyl/N-ethyl adjacent to an activating group) is 1. The lowest BCUT2D eigenvalue weighted by Crippen LogP contribution is -2.47. The lowest BCUT2D eigenvalue weighted by Gasteiger charge is -2.30. The number of allylic oxidation sites excluding steroid dienone is 13. The van der Waals surface area contributed by atoms with Crippen LogP contribution in [0.25, 0.3) is 0 Å². The van der Waals surface area contributed by atoms with Gasteiger partial charge in [-0.15, -0.1) is 0 Å². The van der Waals surface area contributed by atoms with Gasteiger partial charge in [0.1, 0.15) is 19.3 Å². The molecule has 0 aliphatic heterocycles. The number of phosphoric ester groups is 1. The highest BCUT2D eigenvalue weighted by atomic mass is 31.2. The molecule has 0 aliphatic rings. The lowest BCUT2D eigenvalue weighted by atomic mass is 10.0. The van der Waals surface area contributed by atoms with Crippen molar-refractivity contribution >= 4 is 19.7 Å². The molecule has 0 heterocycles. The third-order valence-electron chi connectivity index (χ3n) is 14.1. The van der Waals surface area contributed by atoms with Gasteiger partial charge in [0.2, 0.25) is 5.91 Å². The second-order valence-electron chi connectivity index (χ2n) is 22.9. The Morgan fingerprint density at radius 2 is 0.821 bits per heavy atom. The van der Waals surface area contributed by atoms with E-state index in [2.05, 4.69) is 99.0 Å². The fraction of sp³-hybridized carbons (Fsp3) is 0.765. The average molecular weight is 1110 g/mol. The van der Waals surface area contributed by atoms with Gasteiger partial charge in [0, 0.05) is 12.8 Å². The second kappa shape index (κ2) is 57.4. The number of phosphoric acid groups is 1. The number of amides is 1. The zero-order valence-corrected chi connectivity index (χ0v) is 52.5. The van der Waals surface area contributed by atoms with Crippen LogP contribution in [0.4, 0.5) is 0 Å². The molecule has 0 bridgehead atoms. The van der Waals surface area contributed by atoms with Gasteiger partial charge in [-0.05, 0) is 102 Å². The number of ether oxygens (including phenoxy) is 1. The molecule has 0 aliphatic carbocycles. The first-order valence-corrected chi connectivity index (χ1v) is 33.9. The molecule has 0 saturated carbocycles. The van der Waals surface area contributed by atoms with Gasteiger partial charge in [-0.2, -0.15) is 0 Å². The third-order valence-corrected chi connectivity index (χ3v) is 15.0. The number of carbonyl (C=O) groups is 2. The molecular weight excluding hydrogens is 988 g/mol. The van der Waals surface area contributed by atoms with E-state index in [9.17, 15) is 19.0 Å². The number of carbonyl (C=O) groups excluding carboxylic acids is 2. The first kappa shape index (κ1) is 75.2. The molecule has 0 aromatic rings. The molecule has 0 aromatic carbocycles. The predicted molar refractivity (Wildman–Crippen MR) is 335 cm³/mol. The quantitative estimate of drug-likeness (QED) is 0.0212. The number of esters is 1. The molecule has 0 spiro atoms. The highest BCUT2D eigenvalue weighted by Crippen LogP contribution is 2.38. The minimum atomic E-state index is -4.70. The van der Waals surface area contributed by atoms with Crippen LogP contribution in [-0.4, -0.2) is 69.4 Å². The Morgan fingerprint density at radius 3 is 1.26 bits per heavy atom. The van der Waals surface area contributed by atoms with Crippen molar-refractivity contribution in [3.63, 3.8) is 0 Å². The maximum Gasteiger partial charge on any atom is 0.306 e. The van der Waals surface area contributed by atoms with Gasteiger partial charge in [-0.25, -0.2) is 0 Å². The molecule has 1 amide bonds. The Labute approximate surface area is 482 Å². The summed E-state index contributed by atoms with van der Waals surface area (Å²) in [7, 11) is 1.17. The molecule has 0 radical (unpaired) electrons. The lowest BCUT2D eigenvalue weighted by molar-refractivity contribution is -0.870. The van der Waals surface area contributed by atoms with Gasteiger partial charge in [-0.1, -0.05) is 254 Å². The summed E-state index contributed by atoms with van der Waals surface area (Å²) >= 11 is 0. The maximum absolute atomic E-state index is 13.5. The van der Waals surface area contributed by atoms with Crippen molar-refractivity contribution < 1.29 is 37.3 Å². The molecule has 10 heteroatoms. The molecule has 3 unspecified atom stereocenters. The van der Waals surface area contributed by atoms with Crippen molar-refractivity contribution in [2.45, 2.75) is 296 Å². The van der Waals surface area contributed by atoms with Crippen LogP contribution in [-0.2, 0) is 27.9 Å². The molecule has 78 heavy (non-hydrogen) atoms. The number of rotatable bonds is 58. The molecule has 452 valence electrons. The van der Waals surface area contributed by atoms with Crippen molar-refractivity contribution in [2.75, 3.05) is 40.9 Å². The minimum Gasteiger partial charge on any atom is -0.756 e. The fourth-order valence-electron chi connectivity index (χ4n) is 9.07. The number of hydrogen-bond donors (Lipinski definition) is 1. The van der Waals surface area contributed by atoms with Gasteiger partial charge in [-0.3, -0.25) is 14.2 Å². The topological polar surface area (TPSA) is 114 Å². The first-order chi connectivity index (χ1) is 37.9. The Hall–Kier alpha value is -2.81. The van der Waals surface area contributed by atoms with Crippen LogP contribution in [0.3, 0.4) is 0 Å². The van der Waals surface area contributed by atoms with Crippen LogP contribution >= 0.6 is 7.82 Å². The van der Waals surface area contributed by atoms with Gasteiger partial charge in [0.15, 0.2) is 0 Å². The van der Waals surface area contributed by atoms with Crippen LogP contribution in [0, 0.1) is 0 Å². The summed E-state index contributed by atoms with van der Waals surface area (Å²) in [6, 6.07) is -0.899. The summed E-state index contributed by atoms with van der Waals surface area (Å²) < 4.78 is 30.3. The SMILES string of the molecule is CC/C=C\C/C=C\C/C=C\C/C=C\C/C=C\CCCCCCCCCCCCCC(=O)NC(COP(=O)([O-])OCC[N+](C)(C)C)C(/C=C\CCCCCCCCCCCC)OC(=O)CCCCC/C=C\CCCCCCCC. The maximum atomic E-state index is 13.5. The molecular formula is C68H123N2O7P. The van der Waals surface area contributed by atoms with Crippen LogP contribution in [0.15, 0.2) is 85.1 Å². The molecule has 0 saturated heterocycles. The Kier molecular flexibility index (Phi) is 55.4. The van der Waals surface area contributed by atoms with E-state index < -0.39 is 26.6 Å². The van der Waals surface area contributed by atoms with E-state index >= 15 is 0 Å². The molecule has 3 atom stereocenters. The van der Waals surface area contributed by atoms with Crippen LogP contribution in [0.5, 0.6) is 0 Å². The standard InChI is InChI=1S/C68H123N2O7P/c1-7-10-13-16-19-22-25-28-29-30-31-32-33-34-35-36-37-38-39-40-41-43-45-48-51-54-57-60-67(71)69-65(64-76-78(73,74)75-63-62-70(4,5)6)66(59-56-53-50-47-44-27-24-21-18-15-12-9-3)77-68(72)61-58-55-52-49-46-42-26-23-20-17-14-11-8-2/h10,13,19,22,28-29,31-32,34-35,42,46,56,59,65-66H,7-9,11-12,14-18,20-21,23-27,30,33,36-41,43-45,47-55,57-58,60-64H2,1-6H3,(H-,69,71,73,74)/b13-10-,22-19-,29-28-,32-31-,35-34-,46-42-,59-56-. The summed E-state index contributed by atoms with van der Waals surface area (Å²) in [6.07, 6.45) is 75.6. The largest absolute Gasteiger partial charge is 0.756 e. The second-order valence-corrected chi connectivity index (χ2v) is 24.3. The van der Waals surface area contributed by atoms with E-state index in [1.807, 2.05) is 33.3 Å². The van der Waals surface area contributed by atoms with Crippen LogP contribution in [0.2, 0.25) is 0 Å². The van der Waals surface area contributed by atoms with Gasteiger partial charge in [0.05, 0.1) is 33.8 Å². The summed E-state index contributed by atoms with van der Waals surface area (Å²) in [5.74, 6) is -0.562. The zero-order chi connectivity index (χ0) is 57.2. The zero-order valence-electron chi connectivity index (χ0n) is 51.6. The van der Waals surface area contributed by atoms with E-state index in [1.54, 1.807) is 0 Å². The van der Waals surface area contributed by atoms with Crippen LogP contribution < -0.4 is 10.2 Å². The molecule has 9 nitrogen and oxygen atoms in total. The summed E-state index contributed by atoms with van der Waals surface area (Å²) in [5.41, 5.74) is 0. The normalized spacial score (nSPS) is 14.2. The van der Waals surface area contributed by atoms with Crippen molar-refractivity contribution in [2.24, 2.45) is 0 Å². The summed E-state index contributed by atoms with van der Waals surface area (Å²) in [4.78, 5) is 40.0. The molecule has 1 N–H and O–H groups in total.